The second-order valence-corrected chi connectivity index (χ2v) is 11.5. The van der Waals surface area contributed by atoms with E-state index in [9.17, 15) is 10.2 Å². The normalized spacial score (nSPS) is 19.1. The van der Waals surface area contributed by atoms with Crippen LogP contribution in [0.25, 0.3) is 11.1 Å². The molecule has 0 radical (unpaired) electrons. The predicted molar refractivity (Wildman–Crippen MR) is 154 cm³/mol. The number of aliphatic hydroxyl groups is 2. The lowest BCUT2D eigenvalue weighted by Gasteiger charge is -2.31. The molecule has 0 spiro atoms. The number of hydrogen-bond donors (Lipinski definition) is 2. The molecule has 0 saturated heterocycles. The van der Waals surface area contributed by atoms with Gasteiger partial charge in [-0.15, -0.1) is 0 Å². The van der Waals surface area contributed by atoms with Crippen molar-refractivity contribution in [3.63, 3.8) is 0 Å². The van der Waals surface area contributed by atoms with Gasteiger partial charge in [0.1, 0.15) is 0 Å². The highest BCUT2D eigenvalue weighted by atomic mass is 16.3. The van der Waals surface area contributed by atoms with Crippen LogP contribution >= 0.6 is 0 Å². The molecule has 2 aromatic carbocycles. The van der Waals surface area contributed by atoms with Crippen molar-refractivity contribution in [3.8, 4) is 11.1 Å². The Hall–Kier alpha value is -1.64. The summed E-state index contributed by atoms with van der Waals surface area (Å²) in [4.78, 5) is 0. The maximum Gasteiger partial charge on any atom is 0.0481 e. The van der Waals surface area contributed by atoms with Crippen LogP contribution in [0.1, 0.15) is 114 Å². The fraction of sp³-hybridized carbons (Fsp3) is 0.647. The van der Waals surface area contributed by atoms with Gasteiger partial charge in [0, 0.05) is 19.1 Å². The van der Waals surface area contributed by atoms with Crippen LogP contribution in [-0.2, 0) is 12.8 Å². The molecule has 2 nitrogen and oxygen atoms in total. The van der Waals surface area contributed by atoms with Crippen LogP contribution in [0.3, 0.4) is 0 Å². The summed E-state index contributed by atoms with van der Waals surface area (Å²) in [6.07, 6.45) is 16.5. The number of aryl methyl sites for hydroxylation is 2. The Morgan fingerprint density at radius 3 is 2.11 bits per heavy atom. The van der Waals surface area contributed by atoms with Crippen LogP contribution in [0, 0.1) is 17.8 Å². The van der Waals surface area contributed by atoms with Crippen molar-refractivity contribution in [2.75, 3.05) is 13.2 Å². The molecule has 0 bridgehead atoms. The minimum absolute atomic E-state index is 0.0176. The SMILES string of the molecule is CCCCC(CC)CC1CCC(c2ccc(-c3ccc(CCCC(CO)CO)cc3)c(CC)c2)CC1. The topological polar surface area (TPSA) is 40.5 Å². The summed E-state index contributed by atoms with van der Waals surface area (Å²) in [6.45, 7) is 7.14. The van der Waals surface area contributed by atoms with Crippen molar-refractivity contribution in [1.29, 1.82) is 0 Å². The summed E-state index contributed by atoms with van der Waals surface area (Å²) >= 11 is 0. The van der Waals surface area contributed by atoms with E-state index >= 15 is 0 Å². The van der Waals surface area contributed by atoms with Gasteiger partial charge >= 0.3 is 0 Å². The smallest absolute Gasteiger partial charge is 0.0481 e. The standard InChI is InChI=1S/C34H52O2/c1-4-7-9-26(5-2)22-28-14-16-31(17-15-28)33-20-21-34(30(6-3)23-33)32-18-12-27(13-19-32)10-8-11-29(24-35)25-36/h12-13,18-21,23,26,28-29,31,35-36H,4-11,14-17,22,24-25H2,1-3H3. The summed E-state index contributed by atoms with van der Waals surface area (Å²) in [5, 5.41) is 18.5. The molecule has 36 heavy (non-hydrogen) atoms. The van der Waals surface area contributed by atoms with E-state index in [1.54, 1.807) is 5.56 Å². The fourth-order valence-electron chi connectivity index (χ4n) is 6.31. The Morgan fingerprint density at radius 2 is 1.50 bits per heavy atom. The first-order valence-electron chi connectivity index (χ1n) is 15.0. The minimum atomic E-state index is 0.0176. The quantitative estimate of drug-likeness (QED) is 0.261. The van der Waals surface area contributed by atoms with Crippen LogP contribution in [0.15, 0.2) is 42.5 Å². The molecular formula is C34H52O2. The molecule has 200 valence electrons. The average Bonchev–Trinajstić information content (AvgIpc) is 2.93. The first-order valence-corrected chi connectivity index (χ1v) is 15.0. The zero-order valence-electron chi connectivity index (χ0n) is 23.4. The largest absolute Gasteiger partial charge is 0.396 e. The van der Waals surface area contributed by atoms with Gasteiger partial charge < -0.3 is 10.2 Å². The number of benzene rings is 2. The Balaban J connectivity index is 1.57. The van der Waals surface area contributed by atoms with E-state index < -0.39 is 0 Å². The Labute approximate surface area is 221 Å². The van der Waals surface area contributed by atoms with Gasteiger partial charge in [0.05, 0.1) is 0 Å². The highest BCUT2D eigenvalue weighted by Crippen LogP contribution is 2.40. The van der Waals surface area contributed by atoms with Gasteiger partial charge in [0.25, 0.3) is 0 Å². The minimum Gasteiger partial charge on any atom is -0.396 e. The molecule has 0 aliphatic heterocycles. The molecule has 1 fully saturated rings. The molecule has 0 aromatic heterocycles. The molecule has 1 unspecified atom stereocenters. The van der Waals surface area contributed by atoms with E-state index in [0.717, 1.165) is 43.4 Å². The summed E-state index contributed by atoms with van der Waals surface area (Å²) in [7, 11) is 0. The van der Waals surface area contributed by atoms with Gasteiger partial charge in [-0.3, -0.25) is 0 Å². The molecule has 2 heteroatoms. The van der Waals surface area contributed by atoms with Crippen molar-refractivity contribution in [3.05, 3.63) is 59.2 Å². The zero-order valence-corrected chi connectivity index (χ0v) is 23.4. The molecule has 0 heterocycles. The number of unbranched alkanes of at least 4 members (excludes halogenated alkanes) is 1. The van der Waals surface area contributed by atoms with Crippen molar-refractivity contribution in [2.45, 2.75) is 110 Å². The number of aliphatic hydroxyl groups excluding tert-OH is 2. The number of rotatable bonds is 15. The molecule has 1 atom stereocenters. The average molecular weight is 493 g/mol. The van der Waals surface area contributed by atoms with E-state index in [4.69, 9.17) is 0 Å². The van der Waals surface area contributed by atoms with Gasteiger partial charge in [0.2, 0.25) is 0 Å². The summed E-state index contributed by atoms with van der Waals surface area (Å²) in [6, 6.07) is 16.3. The van der Waals surface area contributed by atoms with E-state index in [-0.39, 0.29) is 19.1 Å². The summed E-state index contributed by atoms with van der Waals surface area (Å²) < 4.78 is 0. The molecular weight excluding hydrogens is 440 g/mol. The first-order chi connectivity index (χ1) is 17.6. The zero-order chi connectivity index (χ0) is 25.8. The maximum absolute atomic E-state index is 9.26. The lowest BCUT2D eigenvalue weighted by atomic mass is 9.74. The fourth-order valence-corrected chi connectivity index (χ4v) is 6.31. The monoisotopic (exact) mass is 492 g/mol. The van der Waals surface area contributed by atoms with Crippen LogP contribution in [0.5, 0.6) is 0 Å². The van der Waals surface area contributed by atoms with Crippen molar-refractivity contribution >= 4 is 0 Å². The first kappa shape index (κ1) is 28.9. The van der Waals surface area contributed by atoms with Gasteiger partial charge in [-0.25, -0.2) is 0 Å². The summed E-state index contributed by atoms with van der Waals surface area (Å²) in [5.41, 5.74) is 7.06. The lowest BCUT2D eigenvalue weighted by molar-refractivity contribution is 0.142. The summed E-state index contributed by atoms with van der Waals surface area (Å²) in [5.74, 6) is 2.65. The highest BCUT2D eigenvalue weighted by molar-refractivity contribution is 5.68. The third-order valence-electron chi connectivity index (χ3n) is 8.90. The van der Waals surface area contributed by atoms with Crippen LogP contribution in [0.4, 0.5) is 0 Å². The molecule has 2 aromatic rings. The second kappa shape index (κ2) is 15.6. The van der Waals surface area contributed by atoms with Crippen molar-refractivity contribution in [1.82, 2.24) is 0 Å². The van der Waals surface area contributed by atoms with Crippen LogP contribution < -0.4 is 0 Å². The third-order valence-corrected chi connectivity index (χ3v) is 8.90. The predicted octanol–water partition coefficient (Wildman–Crippen LogP) is 8.72. The van der Waals surface area contributed by atoms with Gasteiger partial charge in [-0.2, -0.15) is 0 Å². The molecule has 1 aliphatic rings. The van der Waals surface area contributed by atoms with Gasteiger partial charge in [-0.1, -0.05) is 88.9 Å². The molecule has 2 N–H and O–H groups in total. The van der Waals surface area contributed by atoms with E-state index in [1.165, 1.54) is 80.0 Å². The van der Waals surface area contributed by atoms with Crippen LogP contribution in [-0.4, -0.2) is 23.4 Å². The Bertz CT molecular complexity index is 859. The van der Waals surface area contributed by atoms with Crippen LogP contribution in [0.2, 0.25) is 0 Å². The van der Waals surface area contributed by atoms with E-state index in [2.05, 4.69) is 63.2 Å². The van der Waals surface area contributed by atoms with E-state index in [0.29, 0.717) is 0 Å². The molecule has 1 aliphatic carbocycles. The highest BCUT2D eigenvalue weighted by Gasteiger charge is 2.24. The van der Waals surface area contributed by atoms with Gasteiger partial charge in [0.15, 0.2) is 0 Å². The van der Waals surface area contributed by atoms with Gasteiger partial charge in [-0.05, 0) is 103 Å². The number of hydrogen-bond acceptors (Lipinski definition) is 2. The molecule has 0 amide bonds. The van der Waals surface area contributed by atoms with Crippen molar-refractivity contribution in [2.24, 2.45) is 17.8 Å². The van der Waals surface area contributed by atoms with Crippen molar-refractivity contribution < 1.29 is 10.2 Å². The molecule has 3 rings (SSSR count). The Kier molecular flexibility index (Phi) is 12.5. The second-order valence-electron chi connectivity index (χ2n) is 11.5. The maximum atomic E-state index is 9.26. The third kappa shape index (κ3) is 8.45. The Morgan fingerprint density at radius 1 is 0.806 bits per heavy atom. The van der Waals surface area contributed by atoms with E-state index in [1.807, 2.05) is 0 Å². The lowest BCUT2D eigenvalue weighted by Crippen LogP contribution is -2.16. The molecule has 1 saturated carbocycles.